The van der Waals surface area contributed by atoms with Gasteiger partial charge < -0.3 is 9.31 Å². The normalized spacial score (nSPS) is 21.9. The Labute approximate surface area is 153 Å². The highest BCUT2D eigenvalue weighted by atomic mass is 19.1. The molecule has 0 unspecified atom stereocenters. The van der Waals surface area contributed by atoms with Gasteiger partial charge in [-0.2, -0.15) is 0 Å². The van der Waals surface area contributed by atoms with Gasteiger partial charge in [-0.15, -0.1) is 0 Å². The minimum atomic E-state index is -0.960. The molecule has 26 heavy (non-hydrogen) atoms. The first-order valence-electron chi connectivity index (χ1n) is 8.96. The van der Waals surface area contributed by atoms with Crippen LogP contribution in [-0.2, 0) is 9.31 Å². The molecule has 0 N–H and O–H groups in total. The second kappa shape index (κ2) is 6.89. The van der Waals surface area contributed by atoms with Gasteiger partial charge in [0.15, 0.2) is 0 Å². The Kier molecular flexibility index (Phi) is 5.10. The van der Waals surface area contributed by atoms with E-state index >= 15 is 0 Å². The molecule has 1 saturated heterocycles. The summed E-state index contributed by atoms with van der Waals surface area (Å²) >= 11 is 0. The minimum Gasteiger partial charge on any atom is -0.398 e. The Morgan fingerprint density at radius 1 is 0.923 bits per heavy atom. The minimum absolute atomic E-state index is 0.334. The van der Waals surface area contributed by atoms with Crippen LogP contribution in [-0.4, -0.2) is 18.3 Å². The number of benzene rings is 1. The Morgan fingerprint density at radius 2 is 1.42 bits per heavy atom. The molecule has 140 valence electrons. The average molecular weight is 364 g/mol. The smallest absolute Gasteiger partial charge is 0.398 e. The van der Waals surface area contributed by atoms with E-state index in [1.165, 1.54) is 12.1 Å². The fourth-order valence-corrected chi connectivity index (χ4v) is 3.26. The number of halogens is 3. The molecule has 0 spiro atoms. The zero-order chi connectivity index (χ0) is 19.1. The van der Waals surface area contributed by atoms with Crippen molar-refractivity contribution in [1.82, 2.24) is 0 Å². The summed E-state index contributed by atoms with van der Waals surface area (Å²) in [4.78, 5) is 0. The predicted molar refractivity (Wildman–Crippen MR) is 97.0 cm³/mol. The van der Waals surface area contributed by atoms with Crippen LogP contribution in [0.15, 0.2) is 35.1 Å². The van der Waals surface area contributed by atoms with Crippen molar-refractivity contribution in [2.75, 3.05) is 0 Å². The fraction of sp³-hybridized carbons (Fsp3) is 0.500. The van der Waals surface area contributed by atoms with E-state index in [9.17, 15) is 13.2 Å². The van der Waals surface area contributed by atoms with Crippen molar-refractivity contribution >= 4 is 13.2 Å². The summed E-state index contributed by atoms with van der Waals surface area (Å²) in [6, 6.07) is 3.45. The van der Waals surface area contributed by atoms with Crippen molar-refractivity contribution in [1.29, 1.82) is 0 Å². The molecule has 1 heterocycles. The quantitative estimate of drug-likeness (QED) is 0.620. The summed E-state index contributed by atoms with van der Waals surface area (Å²) in [5.41, 5.74) is 0.774. The van der Waals surface area contributed by atoms with Gasteiger partial charge in [0.25, 0.3) is 0 Å². The highest BCUT2D eigenvalue weighted by Gasteiger charge is 2.53. The molecule has 2 fully saturated rings. The maximum absolute atomic E-state index is 14.9. The third-order valence-electron chi connectivity index (χ3n) is 5.55. The molecular formula is C20H24BF3O2. The highest BCUT2D eigenvalue weighted by molar-refractivity contribution is 6.53. The van der Waals surface area contributed by atoms with E-state index in [2.05, 4.69) is 0 Å². The predicted octanol–water partition coefficient (Wildman–Crippen LogP) is 5.78. The highest BCUT2D eigenvalue weighted by Crippen LogP contribution is 2.41. The lowest BCUT2D eigenvalue weighted by atomic mass is 9.79. The number of hydrogen-bond acceptors (Lipinski definition) is 2. The monoisotopic (exact) mass is 364 g/mol. The van der Waals surface area contributed by atoms with Gasteiger partial charge in [0, 0.05) is 6.07 Å². The van der Waals surface area contributed by atoms with Gasteiger partial charge in [-0.25, -0.2) is 13.2 Å². The molecule has 1 aliphatic heterocycles. The molecular weight excluding hydrogens is 340 g/mol. The maximum Gasteiger partial charge on any atom is 0.525 e. The SMILES string of the molecule is CC1(C)OB(C(F)=C2CCC(=Cc3cc(F)cc(F)c3)CC2)OC1(C)C. The number of rotatable bonds is 2. The van der Waals surface area contributed by atoms with Crippen LogP contribution >= 0.6 is 0 Å². The first-order valence-corrected chi connectivity index (χ1v) is 8.96. The van der Waals surface area contributed by atoms with E-state index in [-0.39, 0.29) is 5.73 Å². The first-order chi connectivity index (χ1) is 12.1. The van der Waals surface area contributed by atoms with E-state index in [1.54, 1.807) is 6.08 Å². The van der Waals surface area contributed by atoms with Gasteiger partial charge in [-0.1, -0.05) is 11.6 Å². The molecule has 6 heteroatoms. The van der Waals surface area contributed by atoms with E-state index < -0.39 is 30.0 Å². The number of hydrogen-bond donors (Lipinski definition) is 0. The summed E-state index contributed by atoms with van der Waals surface area (Å²) in [6.07, 6.45) is 4.20. The second-order valence-electron chi connectivity index (χ2n) is 8.05. The van der Waals surface area contributed by atoms with E-state index in [0.717, 1.165) is 11.6 Å². The Morgan fingerprint density at radius 3 is 1.92 bits per heavy atom. The van der Waals surface area contributed by atoms with Gasteiger partial charge in [0.2, 0.25) is 0 Å². The molecule has 0 atom stereocenters. The van der Waals surface area contributed by atoms with Crippen molar-refractivity contribution < 1.29 is 22.5 Å². The standard InChI is InChI=1S/C20H24BF3O2/c1-19(2)20(3,4)26-21(25-19)18(24)15-7-5-13(6-8-15)9-14-10-16(22)12-17(23)11-14/h9-12H,5-8H2,1-4H3. The Bertz CT molecular complexity index is 720. The zero-order valence-corrected chi connectivity index (χ0v) is 15.7. The fourth-order valence-electron chi connectivity index (χ4n) is 3.26. The average Bonchev–Trinajstić information content (AvgIpc) is 2.74. The topological polar surface area (TPSA) is 18.5 Å². The molecule has 0 amide bonds. The number of allylic oxidation sites excluding steroid dienone is 2. The molecule has 2 aliphatic rings. The van der Waals surface area contributed by atoms with Crippen LogP contribution in [0.25, 0.3) is 6.08 Å². The summed E-state index contributed by atoms with van der Waals surface area (Å²) in [5.74, 6) is -1.19. The lowest BCUT2D eigenvalue weighted by molar-refractivity contribution is 0.00578. The van der Waals surface area contributed by atoms with E-state index in [0.29, 0.717) is 36.8 Å². The van der Waals surface area contributed by atoms with Crippen molar-refractivity contribution in [2.24, 2.45) is 0 Å². The lowest BCUT2D eigenvalue weighted by Gasteiger charge is -2.32. The van der Waals surface area contributed by atoms with Crippen molar-refractivity contribution in [2.45, 2.75) is 64.6 Å². The first kappa shape index (κ1) is 19.2. The summed E-state index contributed by atoms with van der Waals surface area (Å²) in [6.45, 7) is 7.57. The molecule has 2 nitrogen and oxygen atoms in total. The van der Waals surface area contributed by atoms with Gasteiger partial charge in [0.1, 0.15) is 17.4 Å². The largest absolute Gasteiger partial charge is 0.525 e. The van der Waals surface area contributed by atoms with Crippen LogP contribution < -0.4 is 0 Å². The Hall–Kier alpha value is -1.53. The van der Waals surface area contributed by atoms with E-state index in [1.807, 2.05) is 27.7 Å². The van der Waals surface area contributed by atoms with Crippen LogP contribution in [0.5, 0.6) is 0 Å². The van der Waals surface area contributed by atoms with Crippen LogP contribution in [0.2, 0.25) is 0 Å². The Balaban J connectivity index is 1.70. The van der Waals surface area contributed by atoms with Crippen LogP contribution in [0.4, 0.5) is 13.2 Å². The van der Waals surface area contributed by atoms with Crippen molar-refractivity contribution in [3.63, 3.8) is 0 Å². The molecule has 1 aromatic rings. The van der Waals surface area contributed by atoms with Crippen molar-refractivity contribution in [3.05, 3.63) is 52.3 Å². The molecule has 0 radical (unpaired) electrons. The molecule has 0 bridgehead atoms. The molecule has 0 aromatic heterocycles. The third kappa shape index (κ3) is 3.91. The lowest BCUT2D eigenvalue weighted by Crippen LogP contribution is -2.41. The summed E-state index contributed by atoms with van der Waals surface area (Å²) in [7, 11) is -0.960. The van der Waals surface area contributed by atoms with Crippen LogP contribution in [0, 0.1) is 11.6 Å². The maximum atomic E-state index is 14.9. The van der Waals surface area contributed by atoms with Crippen LogP contribution in [0.3, 0.4) is 0 Å². The van der Waals surface area contributed by atoms with Gasteiger partial charge >= 0.3 is 7.12 Å². The molecule has 1 saturated carbocycles. The van der Waals surface area contributed by atoms with E-state index in [4.69, 9.17) is 9.31 Å². The molecule has 1 aliphatic carbocycles. The second-order valence-corrected chi connectivity index (χ2v) is 8.05. The third-order valence-corrected chi connectivity index (χ3v) is 5.55. The van der Waals surface area contributed by atoms with Gasteiger partial charge in [-0.05, 0) is 76.6 Å². The molecule has 1 aromatic carbocycles. The van der Waals surface area contributed by atoms with Gasteiger partial charge in [0.05, 0.1) is 11.2 Å². The van der Waals surface area contributed by atoms with Gasteiger partial charge in [-0.3, -0.25) is 0 Å². The molecule has 3 rings (SSSR count). The van der Waals surface area contributed by atoms with Crippen LogP contribution in [0.1, 0.15) is 58.9 Å². The van der Waals surface area contributed by atoms with Crippen molar-refractivity contribution in [3.8, 4) is 0 Å². The summed E-state index contributed by atoms with van der Waals surface area (Å²) < 4.78 is 53.0. The zero-order valence-electron chi connectivity index (χ0n) is 15.7. The summed E-state index contributed by atoms with van der Waals surface area (Å²) in [5, 5.41) is 0.